The van der Waals surface area contributed by atoms with Crippen molar-refractivity contribution in [2.45, 2.75) is 69.4 Å². The maximum absolute atomic E-state index is 12.7. The molecule has 0 bridgehead atoms. The minimum absolute atomic E-state index is 0.133. The quantitative estimate of drug-likeness (QED) is 0.745. The number of carbonyl (C=O) groups is 1. The van der Waals surface area contributed by atoms with E-state index in [1.807, 2.05) is 12.3 Å². The van der Waals surface area contributed by atoms with Gasteiger partial charge in [-0.05, 0) is 44.6 Å². The molecule has 0 radical (unpaired) electrons. The molecule has 4 heteroatoms. The Morgan fingerprint density at radius 3 is 2.48 bits per heavy atom. The van der Waals surface area contributed by atoms with Crippen molar-refractivity contribution < 1.29 is 9.53 Å². The Balaban J connectivity index is 1.81. The zero-order valence-corrected chi connectivity index (χ0v) is 12.3. The van der Waals surface area contributed by atoms with Gasteiger partial charge >= 0.3 is 5.97 Å². The van der Waals surface area contributed by atoms with Crippen molar-refractivity contribution >= 4 is 5.97 Å². The molecule has 1 aromatic heterocycles. The summed E-state index contributed by atoms with van der Waals surface area (Å²) in [6.45, 7) is 0. The monoisotopic (exact) mass is 287 g/mol. The molecular formula is C17H21NO3. The number of aromatic nitrogens is 1. The highest BCUT2D eigenvalue weighted by Gasteiger charge is 2.47. The Bertz CT molecular complexity index is 634. The molecule has 3 aliphatic rings. The topological polar surface area (TPSA) is 48.3 Å². The number of carbonyl (C=O) groups excluding carboxylic acids is 1. The third kappa shape index (κ3) is 1.88. The van der Waals surface area contributed by atoms with Crippen LogP contribution in [0.1, 0.15) is 79.8 Å². The molecule has 0 amide bonds. The molecular weight excluding hydrogens is 266 g/mol. The van der Waals surface area contributed by atoms with Crippen LogP contribution in [0.5, 0.6) is 0 Å². The summed E-state index contributed by atoms with van der Waals surface area (Å²) in [4.78, 5) is 25.0. The fourth-order valence-electron chi connectivity index (χ4n) is 4.37. The summed E-state index contributed by atoms with van der Waals surface area (Å²) >= 11 is 0. The van der Waals surface area contributed by atoms with Crippen LogP contribution in [0.4, 0.5) is 0 Å². The van der Waals surface area contributed by atoms with Gasteiger partial charge in [0.25, 0.3) is 5.56 Å². The zero-order valence-electron chi connectivity index (χ0n) is 12.3. The highest BCUT2D eigenvalue weighted by molar-refractivity contribution is 5.94. The van der Waals surface area contributed by atoms with Gasteiger partial charge in [0.1, 0.15) is 11.2 Å². The van der Waals surface area contributed by atoms with E-state index in [-0.39, 0.29) is 11.6 Å². The molecule has 2 fully saturated rings. The van der Waals surface area contributed by atoms with Crippen molar-refractivity contribution in [1.82, 2.24) is 4.57 Å². The second-order valence-electron chi connectivity index (χ2n) is 6.70. The van der Waals surface area contributed by atoms with Gasteiger partial charge in [-0.25, -0.2) is 4.79 Å². The standard InChI is InChI=1S/C17H21NO3/c19-15-14-13(8-11-18(15)12-6-2-3-7-12)17(21-16(14)20)9-4-1-5-10-17/h8,11-12H,1-7,9-10H2. The average molecular weight is 287 g/mol. The summed E-state index contributed by atoms with van der Waals surface area (Å²) in [6, 6.07) is 2.24. The SMILES string of the molecule is O=C1OC2(CCCCC2)c2ccn(C3CCCC3)c(=O)c21. The third-order valence-electron chi connectivity index (χ3n) is 5.48. The largest absolute Gasteiger partial charge is 0.450 e. The first-order chi connectivity index (χ1) is 10.2. The van der Waals surface area contributed by atoms with Crippen molar-refractivity contribution in [3.05, 3.63) is 33.7 Å². The molecule has 1 aromatic rings. The number of hydrogen-bond acceptors (Lipinski definition) is 3. The van der Waals surface area contributed by atoms with Crippen LogP contribution in [0.25, 0.3) is 0 Å². The summed E-state index contributed by atoms with van der Waals surface area (Å²) in [5.74, 6) is -0.399. The predicted molar refractivity (Wildman–Crippen MR) is 78.4 cm³/mol. The van der Waals surface area contributed by atoms with E-state index < -0.39 is 11.6 Å². The summed E-state index contributed by atoms with van der Waals surface area (Å²) in [5, 5.41) is 0. The molecule has 4 nitrogen and oxygen atoms in total. The number of ether oxygens (including phenoxy) is 1. The Hall–Kier alpha value is -1.58. The third-order valence-corrected chi connectivity index (χ3v) is 5.48. The number of fused-ring (bicyclic) bond motifs is 2. The van der Waals surface area contributed by atoms with E-state index in [2.05, 4.69) is 0 Å². The van der Waals surface area contributed by atoms with Crippen LogP contribution < -0.4 is 5.56 Å². The van der Waals surface area contributed by atoms with E-state index in [1.165, 1.54) is 19.3 Å². The summed E-state index contributed by atoms with van der Waals surface area (Å²) in [5.41, 5.74) is 0.531. The number of esters is 1. The molecule has 1 aliphatic heterocycles. The second kappa shape index (κ2) is 4.72. The van der Waals surface area contributed by atoms with Gasteiger partial charge in [0, 0.05) is 17.8 Å². The summed E-state index contributed by atoms with van der Waals surface area (Å²) in [6.07, 6.45) is 11.4. The molecule has 2 heterocycles. The first-order valence-electron chi connectivity index (χ1n) is 8.20. The van der Waals surface area contributed by atoms with Crippen molar-refractivity contribution in [1.29, 1.82) is 0 Å². The average Bonchev–Trinajstić information content (AvgIpc) is 3.09. The zero-order chi connectivity index (χ0) is 14.4. The van der Waals surface area contributed by atoms with Crippen LogP contribution in [0.3, 0.4) is 0 Å². The molecule has 1 spiro atoms. The molecule has 0 aromatic carbocycles. The van der Waals surface area contributed by atoms with Crippen molar-refractivity contribution in [2.24, 2.45) is 0 Å². The lowest BCUT2D eigenvalue weighted by molar-refractivity contribution is -0.0280. The van der Waals surface area contributed by atoms with Crippen LogP contribution in [0.2, 0.25) is 0 Å². The van der Waals surface area contributed by atoms with E-state index in [4.69, 9.17) is 4.74 Å². The van der Waals surface area contributed by atoms with Gasteiger partial charge in [-0.1, -0.05) is 19.3 Å². The van der Waals surface area contributed by atoms with E-state index in [1.54, 1.807) is 4.57 Å². The van der Waals surface area contributed by atoms with Crippen LogP contribution in [0, 0.1) is 0 Å². The number of hydrogen-bond donors (Lipinski definition) is 0. The van der Waals surface area contributed by atoms with E-state index in [9.17, 15) is 9.59 Å². The van der Waals surface area contributed by atoms with Crippen LogP contribution in [0.15, 0.2) is 17.1 Å². The first-order valence-corrected chi connectivity index (χ1v) is 8.20. The van der Waals surface area contributed by atoms with Crippen LogP contribution in [-0.4, -0.2) is 10.5 Å². The minimum Gasteiger partial charge on any atom is -0.450 e. The first kappa shape index (κ1) is 13.1. The Kier molecular flexibility index (Phi) is 2.95. The van der Waals surface area contributed by atoms with Gasteiger partial charge in [0.05, 0.1) is 0 Å². The smallest absolute Gasteiger partial charge is 0.345 e. The number of pyridine rings is 1. The van der Waals surface area contributed by atoms with Crippen LogP contribution in [-0.2, 0) is 10.3 Å². The van der Waals surface area contributed by atoms with Gasteiger partial charge in [-0.15, -0.1) is 0 Å². The molecule has 0 atom stereocenters. The van der Waals surface area contributed by atoms with E-state index >= 15 is 0 Å². The molecule has 0 N–H and O–H groups in total. The highest BCUT2D eigenvalue weighted by Crippen LogP contribution is 2.46. The molecule has 2 saturated carbocycles. The van der Waals surface area contributed by atoms with Crippen molar-refractivity contribution in [3.63, 3.8) is 0 Å². The van der Waals surface area contributed by atoms with Gasteiger partial charge in [0.2, 0.25) is 0 Å². The molecule has 0 unspecified atom stereocenters. The predicted octanol–water partition coefficient (Wildman–Crippen LogP) is 3.29. The maximum Gasteiger partial charge on any atom is 0.345 e. The fraction of sp³-hybridized carbons (Fsp3) is 0.647. The van der Waals surface area contributed by atoms with Crippen molar-refractivity contribution in [3.8, 4) is 0 Å². The van der Waals surface area contributed by atoms with Gasteiger partial charge < -0.3 is 9.30 Å². The fourth-order valence-corrected chi connectivity index (χ4v) is 4.37. The Morgan fingerprint density at radius 1 is 1.05 bits per heavy atom. The van der Waals surface area contributed by atoms with Gasteiger partial charge in [-0.2, -0.15) is 0 Å². The number of nitrogens with zero attached hydrogens (tertiary/aromatic N) is 1. The molecule has 112 valence electrons. The Labute approximate surface area is 124 Å². The lowest BCUT2D eigenvalue weighted by atomic mass is 9.79. The van der Waals surface area contributed by atoms with E-state index in [0.29, 0.717) is 5.56 Å². The number of rotatable bonds is 1. The Morgan fingerprint density at radius 2 is 1.76 bits per heavy atom. The molecule has 4 rings (SSSR count). The van der Waals surface area contributed by atoms with Gasteiger partial charge in [-0.3, -0.25) is 4.79 Å². The lowest BCUT2D eigenvalue weighted by Crippen LogP contribution is -2.30. The lowest BCUT2D eigenvalue weighted by Gasteiger charge is -2.32. The molecule has 2 aliphatic carbocycles. The summed E-state index contributed by atoms with van der Waals surface area (Å²) in [7, 11) is 0. The maximum atomic E-state index is 12.7. The summed E-state index contributed by atoms with van der Waals surface area (Å²) < 4.78 is 7.48. The highest BCUT2D eigenvalue weighted by atomic mass is 16.6. The molecule has 21 heavy (non-hydrogen) atoms. The van der Waals surface area contributed by atoms with Crippen LogP contribution >= 0.6 is 0 Å². The van der Waals surface area contributed by atoms with Gasteiger partial charge in [0.15, 0.2) is 0 Å². The molecule has 0 saturated heterocycles. The van der Waals surface area contributed by atoms with E-state index in [0.717, 1.165) is 44.1 Å². The minimum atomic E-state index is -0.501. The van der Waals surface area contributed by atoms with Crippen molar-refractivity contribution in [2.75, 3.05) is 0 Å². The normalized spacial score (nSPS) is 24.3. The second-order valence-corrected chi connectivity index (χ2v) is 6.70.